The van der Waals surface area contributed by atoms with Crippen molar-refractivity contribution in [2.45, 2.75) is 27.0 Å². The third-order valence-corrected chi connectivity index (χ3v) is 3.56. The molecule has 3 nitrogen and oxygen atoms in total. The van der Waals surface area contributed by atoms with Crippen LogP contribution >= 0.6 is 24.0 Å². The van der Waals surface area contributed by atoms with E-state index in [1.165, 1.54) is 6.07 Å². The molecule has 0 aliphatic carbocycles. The van der Waals surface area contributed by atoms with Crippen molar-refractivity contribution >= 4 is 24.0 Å². The van der Waals surface area contributed by atoms with Crippen LogP contribution in [0.1, 0.15) is 25.0 Å². The van der Waals surface area contributed by atoms with E-state index in [2.05, 4.69) is 5.32 Å². The fraction of sp³-hybridized carbons (Fsp3) is 0.333. The van der Waals surface area contributed by atoms with E-state index in [1.54, 1.807) is 18.2 Å². The molecule has 0 aromatic heterocycles. The molecule has 0 aliphatic heterocycles. The molecular weight excluding hydrogens is 352 g/mol. The Labute approximate surface area is 153 Å². The molecule has 0 amide bonds. The van der Waals surface area contributed by atoms with Crippen molar-refractivity contribution in [2.75, 3.05) is 13.2 Å². The Morgan fingerprint density at radius 2 is 1.88 bits per heavy atom. The minimum atomic E-state index is -0.301. The van der Waals surface area contributed by atoms with Gasteiger partial charge in [-0.15, -0.1) is 12.4 Å². The Balaban J connectivity index is 0.00000288. The average Bonchev–Trinajstić information content (AvgIpc) is 2.54. The van der Waals surface area contributed by atoms with Crippen LogP contribution in [-0.4, -0.2) is 13.2 Å². The second-order valence-corrected chi connectivity index (χ2v) is 5.41. The van der Waals surface area contributed by atoms with Crippen molar-refractivity contribution in [1.82, 2.24) is 5.32 Å². The van der Waals surface area contributed by atoms with Crippen molar-refractivity contribution < 1.29 is 13.9 Å². The van der Waals surface area contributed by atoms with E-state index in [4.69, 9.17) is 21.1 Å². The number of hydrogen-bond donors (Lipinski definition) is 1. The largest absolute Gasteiger partial charge is 0.490 e. The molecule has 0 fully saturated rings. The molecule has 0 radical (unpaired) electrons. The van der Waals surface area contributed by atoms with Gasteiger partial charge in [-0.2, -0.15) is 0 Å². The van der Waals surface area contributed by atoms with Gasteiger partial charge in [-0.1, -0.05) is 36.7 Å². The van der Waals surface area contributed by atoms with E-state index in [1.807, 2.05) is 26.0 Å². The van der Waals surface area contributed by atoms with Gasteiger partial charge in [0.25, 0.3) is 0 Å². The van der Waals surface area contributed by atoms with Gasteiger partial charge in [-0.3, -0.25) is 0 Å². The molecule has 2 rings (SSSR count). The fourth-order valence-corrected chi connectivity index (χ4v) is 2.45. The Hall–Kier alpha value is -1.49. The highest BCUT2D eigenvalue weighted by Gasteiger charge is 2.13. The summed E-state index contributed by atoms with van der Waals surface area (Å²) >= 11 is 6.33. The number of ether oxygens (including phenoxy) is 2. The van der Waals surface area contributed by atoms with Gasteiger partial charge in [0.1, 0.15) is 12.4 Å². The summed E-state index contributed by atoms with van der Waals surface area (Å²) in [6.07, 6.45) is 0. The van der Waals surface area contributed by atoms with Crippen LogP contribution in [0, 0.1) is 5.82 Å². The number of nitrogens with one attached hydrogen (secondary N) is 1. The summed E-state index contributed by atoms with van der Waals surface area (Å²) in [4.78, 5) is 0. The first-order chi connectivity index (χ1) is 11.2. The first-order valence-corrected chi connectivity index (χ1v) is 8.05. The van der Waals surface area contributed by atoms with Gasteiger partial charge in [-0.05, 0) is 37.2 Å². The molecule has 6 heteroatoms. The molecule has 2 aromatic carbocycles. The number of benzene rings is 2. The van der Waals surface area contributed by atoms with Crippen molar-refractivity contribution in [3.05, 3.63) is 58.4 Å². The summed E-state index contributed by atoms with van der Waals surface area (Å²) in [5, 5.41) is 3.70. The van der Waals surface area contributed by atoms with Crippen molar-refractivity contribution in [3.63, 3.8) is 0 Å². The highest BCUT2D eigenvalue weighted by molar-refractivity contribution is 6.32. The molecule has 0 bridgehead atoms. The van der Waals surface area contributed by atoms with Crippen LogP contribution in [0.4, 0.5) is 4.39 Å². The molecule has 0 heterocycles. The zero-order valence-electron chi connectivity index (χ0n) is 13.8. The molecule has 132 valence electrons. The topological polar surface area (TPSA) is 30.5 Å². The van der Waals surface area contributed by atoms with Gasteiger partial charge in [-0.25, -0.2) is 4.39 Å². The molecule has 0 saturated heterocycles. The smallest absolute Gasteiger partial charge is 0.180 e. The summed E-state index contributed by atoms with van der Waals surface area (Å²) in [6.45, 7) is 6.09. The average molecular weight is 374 g/mol. The molecule has 0 aliphatic rings. The molecule has 0 saturated carbocycles. The standard InChI is InChI=1S/C18H21ClFNO2.ClH/c1-3-21-11-13-9-15(19)18(17(10-13)22-4-2)23-12-14-7-5-6-8-16(14)20;/h5-10,21H,3-4,11-12H2,1-2H3;1H. The third-order valence-electron chi connectivity index (χ3n) is 3.28. The van der Waals surface area contributed by atoms with Crippen LogP contribution in [0.2, 0.25) is 5.02 Å². The van der Waals surface area contributed by atoms with E-state index in [9.17, 15) is 4.39 Å². The first-order valence-electron chi connectivity index (χ1n) is 7.67. The number of rotatable bonds is 8. The summed E-state index contributed by atoms with van der Waals surface area (Å²) in [5.41, 5.74) is 1.49. The quantitative estimate of drug-likeness (QED) is 0.706. The Bertz CT molecular complexity index is 653. The lowest BCUT2D eigenvalue weighted by Gasteiger charge is -2.15. The second-order valence-electron chi connectivity index (χ2n) is 5.00. The van der Waals surface area contributed by atoms with Crippen molar-refractivity contribution in [3.8, 4) is 11.5 Å². The Kier molecular flexibility index (Phi) is 8.90. The normalized spacial score (nSPS) is 10.2. The van der Waals surface area contributed by atoms with Crippen LogP contribution in [-0.2, 0) is 13.2 Å². The highest BCUT2D eigenvalue weighted by Crippen LogP contribution is 2.37. The number of hydrogen-bond acceptors (Lipinski definition) is 3. The Morgan fingerprint density at radius 3 is 2.54 bits per heavy atom. The molecular formula is C18H22Cl2FNO2. The van der Waals surface area contributed by atoms with E-state index < -0.39 is 0 Å². The third kappa shape index (κ3) is 5.55. The fourth-order valence-electron chi connectivity index (χ4n) is 2.16. The lowest BCUT2D eigenvalue weighted by molar-refractivity contribution is 0.266. The van der Waals surface area contributed by atoms with Gasteiger partial charge in [0.15, 0.2) is 11.5 Å². The van der Waals surface area contributed by atoms with Gasteiger partial charge >= 0.3 is 0 Å². The minimum Gasteiger partial charge on any atom is -0.490 e. The molecule has 24 heavy (non-hydrogen) atoms. The van der Waals surface area contributed by atoms with Crippen molar-refractivity contribution in [1.29, 1.82) is 0 Å². The van der Waals surface area contributed by atoms with E-state index in [-0.39, 0.29) is 24.8 Å². The van der Waals surface area contributed by atoms with E-state index >= 15 is 0 Å². The summed E-state index contributed by atoms with van der Waals surface area (Å²) < 4.78 is 25.0. The lowest BCUT2D eigenvalue weighted by atomic mass is 10.2. The monoisotopic (exact) mass is 373 g/mol. The molecule has 0 spiro atoms. The van der Waals surface area contributed by atoms with Crippen LogP contribution < -0.4 is 14.8 Å². The zero-order chi connectivity index (χ0) is 16.7. The molecule has 0 unspecified atom stereocenters. The van der Waals surface area contributed by atoms with Crippen LogP contribution in [0.15, 0.2) is 36.4 Å². The first kappa shape index (κ1) is 20.6. The van der Waals surface area contributed by atoms with Gasteiger partial charge in [0, 0.05) is 12.1 Å². The summed E-state index contributed by atoms with van der Waals surface area (Å²) in [5.74, 6) is 0.714. The van der Waals surface area contributed by atoms with Gasteiger partial charge in [0.05, 0.1) is 11.6 Å². The van der Waals surface area contributed by atoms with Crippen LogP contribution in [0.3, 0.4) is 0 Å². The maximum Gasteiger partial charge on any atom is 0.180 e. The lowest BCUT2D eigenvalue weighted by Crippen LogP contribution is -2.12. The highest BCUT2D eigenvalue weighted by atomic mass is 35.5. The molecule has 1 N–H and O–H groups in total. The van der Waals surface area contributed by atoms with Crippen LogP contribution in [0.5, 0.6) is 11.5 Å². The second kappa shape index (κ2) is 10.4. The molecule has 0 atom stereocenters. The Morgan fingerprint density at radius 1 is 1.12 bits per heavy atom. The predicted octanol–water partition coefficient (Wildman–Crippen LogP) is 4.99. The van der Waals surface area contributed by atoms with Gasteiger partial charge < -0.3 is 14.8 Å². The summed E-state index contributed by atoms with van der Waals surface area (Å²) in [7, 11) is 0. The maximum absolute atomic E-state index is 13.7. The van der Waals surface area contributed by atoms with E-state index in [0.29, 0.717) is 35.2 Å². The molecule has 2 aromatic rings. The number of halogens is 3. The summed E-state index contributed by atoms with van der Waals surface area (Å²) in [6, 6.07) is 10.2. The predicted molar refractivity (Wildman–Crippen MR) is 98.0 cm³/mol. The minimum absolute atomic E-state index is 0. The SMILES string of the molecule is CCNCc1cc(Cl)c(OCc2ccccc2F)c(OCC)c1.Cl. The van der Waals surface area contributed by atoms with E-state index in [0.717, 1.165) is 12.1 Å². The van der Waals surface area contributed by atoms with Crippen molar-refractivity contribution in [2.24, 2.45) is 0 Å². The van der Waals surface area contributed by atoms with Gasteiger partial charge in [0.2, 0.25) is 0 Å². The maximum atomic E-state index is 13.7. The zero-order valence-corrected chi connectivity index (χ0v) is 15.3. The van der Waals surface area contributed by atoms with Crippen LogP contribution in [0.25, 0.3) is 0 Å².